The van der Waals surface area contributed by atoms with Gasteiger partial charge in [0.15, 0.2) is 0 Å². The predicted octanol–water partition coefficient (Wildman–Crippen LogP) is 5.23. The molecule has 1 N–H and O–H groups in total. The van der Waals surface area contributed by atoms with Gasteiger partial charge in [-0.25, -0.2) is 4.98 Å². The third kappa shape index (κ3) is 7.95. The van der Waals surface area contributed by atoms with Crippen LogP contribution < -0.4 is 5.32 Å². The number of nitrogens with one attached hydrogen (secondary N) is 1. The van der Waals surface area contributed by atoms with Gasteiger partial charge < -0.3 is 10.2 Å². The maximum absolute atomic E-state index is 4.60. The minimum Gasteiger partial charge on any atom is -0.365 e. The van der Waals surface area contributed by atoms with Gasteiger partial charge in [-0.2, -0.15) is 0 Å². The van der Waals surface area contributed by atoms with Crippen molar-refractivity contribution in [1.82, 2.24) is 9.88 Å². The first-order valence-electron chi connectivity index (χ1n) is 8.05. The first kappa shape index (κ1) is 19.2. The van der Waals surface area contributed by atoms with Gasteiger partial charge in [0.2, 0.25) is 0 Å². The molecule has 0 saturated heterocycles. The Morgan fingerprint density at radius 3 is 2.64 bits per heavy atom. The molecule has 3 nitrogen and oxygen atoms in total. The first-order chi connectivity index (χ1) is 10.3. The van der Waals surface area contributed by atoms with Crippen molar-refractivity contribution in [1.29, 1.82) is 0 Å². The van der Waals surface area contributed by atoms with Crippen molar-refractivity contribution in [3.05, 3.63) is 35.0 Å². The van der Waals surface area contributed by atoms with Gasteiger partial charge in [-0.15, -0.1) is 6.58 Å². The summed E-state index contributed by atoms with van der Waals surface area (Å²) in [6.45, 7) is 12.3. The summed E-state index contributed by atoms with van der Waals surface area (Å²) in [4.78, 5) is 6.97. The van der Waals surface area contributed by atoms with Crippen LogP contribution in [-0.4, -0.2) is 29.0 Å². The van der Waals surface area contributed by atoms with Crippen LogP contribution >= 0.6 is 15.9 Å². The summed E-state index contributed by atoms with van der Waals surface area (Å²) in [7, 11) is 2.18. The van der Waals surface area contributed by atoms with Crippen LogP contribution in [0.2, 0.25) is 0 Å². The van der Waals surface area contributed by atoms with E-state index in [0.29, 0.717) is 0 Å². The summed E-state index contributed by atoms with van der Waals surface area (Å²) in [5.74, 6) is 0.973. The number of hydrogen-bond donors (Lipinski definition) is 1. The molecule has 0 fully saturated rings. The van der Waals surface area contributed by atoms with Crippen LogP contribution in [0.3, 0.4) is 0 Å². The van der Waals surface area contributed by atoms with Crippen molar-refractivity contribution in [2.24, 2.45) is 0 Å². The Morgan fingerprint density at radius 1 is 1.27 bits per heavy atom. The Kier molecular flexibility index (Phi) is 8.12. The minimum absolute atomic E-state index is 0.00576. The molecule has 1 rings (SSSR count). The quantitative estimate of drug-likeness (QED) is 0.367. The number of unbranched alkanes of at least 4 members (excludes halogenated alkanes) is 3. The highest BCUT2D eigenvalue weighted by Gasteiger charge is 2.14. The van der Waals surface area contributed by atoms with E-state index in [9.17, 15) is 0 Å². The van der Waals surface area contributed by atoms with E-state index in [1.807, 2.05) is 12.1 Å². The van der Waals surface area contributed by atoms with E-state index < -0.39 is 0 Å². The summed E-state index contributed by atoms with van der Waals surface area (Å²) >= 11 is 3.46. The zero-order valence-electron chi connectivity index (χ0n) is 14.5. The number of pyridine rings is 1. The van der Waals surface area contributed by atoms with E-state index in [1.54, 1.807) is 0 Å². The molecule has 0 bridgehead atoms. The van der Waals surface area contributed by atoms with Gasteiger partial charge in [-0.3, -0.25) is 0 Å². The zero-order valence-corrected chi connectivity index (χ0v) is 16.0. The molecule has 0 radical (unpaired) electrons. The van der Waals surface area contributed by atoms with Crippen molar-refractivity contribution in [2.75, 3.05) is 18.9 Å². The zero-order chi connectivity index (χ0) is 16.6. The second kappa shape index (κ2) is 9.31. The summed E-state index contributed by atoms with van der Waals surface area (Å²) in [5, 5.41) is 3.50. The lowest BCUT2D eigenvalue weighted by Crippen LogP contribution is -2.28. The lowest BCUT2D eigenvalue weighted by atomic mass is 10.1. The molecule has 1 aromatic rings. The van der Waals surface area contributed by atoms with Crippen molar-refractivity contribution in [3.63, 3.8) is 0 Å². The van der Waals surface area contributed by atoms with Gasteiger partial charge in [0.1, 0.15) is 10.4 Å². The number of halogens is 1. The van der Waals surface area contributed by atoms with Crippen LogP contribution in [0.25, 0.3) is 0 Å². The Hall–Kier alpha value is -0.870. The van der Waals surface area contributed by atoms with Gasteiger partial charge in [-0.1, -0.05) is 18.6 Å². The normalized spacial score (nSPS) is 11.7. The molecule has 1 aromatic heterocycles. The maximum Gasteiger partial charge on any atom is 0.132 e. The Morgan fingerprint density at radius 2 is 2.00 bits per heavy atom. The average Bonchev–Trinajstić information content (AvgIpc) is 2.40. The van der Waals surface area contributed by atoms with Crippen molar-refractivity contribution < 1.29 is 0 Å². The molecule has 22 heavy (non-hydrogen) atoms. The van der Waals surface area contributed by atoms with E-state index >= 15 is 0 Å². The highest BCUT2D eigenvalue weighted by atomic mass is 79.9. The number of rotatable bonds is 9. The number of hydrogen-bond acceptors (Lipinski definition) is 3. The number of nitrogens with zero attached hydrogens (tertiary/aromatic N) is 2. The number of allylic oxidation sites excluding steroid dienone is 1. The van der Waals surface area contributed by atoms with Crippen molar-refractivity contribution >= 4 is 21.7 Å². The summed E-state index contributed by atoms with van der Waals surface area (Å²) < 4.78 is 0.870. The lowest BCUT2D eigenvalue weighted by molar-refractivity contribution is 0.317. The van der Waals surface area contributed by atoms with E-state index in [-0.39, 0.29) is 5.54 Å². The van der Waals surface area contributed by atoms with Crippen LogP contribution in [-0.2, 0) is 6.54 Å². The third-order valence-electron chi connectivity index (χ3n) is 3.33. The van der Waals surface area contributed by atoms with Gasteiger partial charge in [0, 0.05) is 17.6 Å². The molecule has 0 atom stereocenters. The molecule has 124 valence electrons. The molecule has 0 amide bonds. The molecule has 4 heteroatoms. The van der Waals surface area contributed by atoms with Gasteiger partial charge in [0.05, 0.1) is 0 Å². The fourth-order valence-corrected chi connectivity index (χ4v) is 2.58. The highest BCUT2D eigenvalue weighted by molar-refractivity contribution is 9.10. The minimum atomic E-state index is 0.00576. The smallest absolute Gasteiger partial charge is 0.132 e. The molecule has 0 saturated carbocycles. The van der Waals surface area contributed by atoms with E-state index in [1.165, 1.54) is 24.8 Å². The molecule has 0 aliphatic heterocycles. The van der Waals surface area contributed by atoms with Crippen molar-refractivity contribution in [3.8, 4) is 0 Å². The molecule has 1 heterocycles. The highest BCUT2D eigenvalue weighted by Crippen LogP contribution is 2.22. The molecular formula is C18H30BrN3. The fourth-order valence-electron chi connectivity index (χ4n) is 2.27. The van der Waals surface area contributed by atoms with Crippen LogP contribution in [0.1, 0.15) is 52.0 Å². The van der Waals surface area contributed by atoms with Crippen LogP contribution in [0, 0.1) is 0 Å². The first-order valence-corrected chi connectivity index (χ1v) is 8.84. The molecule has 0 unspecified atom stereocenters. The predicted molar refractivity (Wildman–Crippen MR) is 100 cm³/mol. The SMILES string of the molecule is C=CCCCCCN(C)Cc1ccc(Br)nc1NC(C)(C)C. The molecule has 0 aliphatic rings. The third-order valence-corrected chi connectivity index (χ3v) is 3.77. The second-order valence-corrected chi connectivity index (χ2v) is 7.70. The number of aromatic nitrogens is 1. The van der Waals surface area contributed by atoms with Gasteiger partial charge in [0.25, 0.3) is 0 Å². The van der Waals surface area contributed by atoms with E-state index in [4.69, 9.17) is 0 Å². The van der Waals surface area contributed by atoms with Gasteiger partial charge >= 0.3 is 0 Å². The van der Waals surface area contributed by atoms with Gasteiger partial charge in [-0.05, 0) is 75.6 Å². The second-order valence-electron chi connectivity index (χ2n) is 6.89. The van der Waals surface area contributed by atoms with Crippen molar-refractivity contribution in [2.45, 2.75) is 58.5 Å². The fraction of sp³-hybridized carbons (Fsp3) is 0.611. The summed E-state index contributed by atoms with van der Waals surface area (Å²) in [6.07, 6.45) is 6.87. The monoisotopic (exact) mass is 367 g/mol. The van der Waals surface area contributed by atoms with E-state index in [2.05, 4.69) is 71.6 Å². The average molecular weight is 368 g/mol. The van der Waals surface area contributed by atoms with E-state index in [0.717, 1.165) is 29.9 Å². The molecule has 0 aromatic carbocycles. The largest absolute Gasteiger partial charge is 0.365 e. The number of anilines is 1. The Balaban J connectivity index is 2.58. The van der Waals surface area contributed by atoms with Crippen LogP contribution in [0.4, 0.5) is 5.82 Å². The lowest BCUT2D eigenvalue weighted by Gasteiger charge is -2.25. The summed E-state index contributed by atoms with van der Waals surface area (Å²) in [5.41, 5.74) is 1.25. The maximum atomic E-state index is 4.60. The topological polar surface area (TPSA) is 28.2 Å². The Labute approximate surface area is 144 Å². The Bertz CT molecular complexity index is 466. The van der Waals surface area contributed by atoms with Crippen LogP contribution in [0.5, 0.6) is 0 Å². The van der Waals surface area contributed by atoms with Crippen LogP contribution in [0.15, 0.2) is 29.4 Å². The molecule has 0 spiro atoms. The molecular weight excluding hydrogens is 338 g/mol. The standard InChI is InChI=1S/C18H30BrN3/c1-6-7-8-9-10-13-22(5)14-15-11-12-16(19)20-17(15)21-18(2,3)4/h6,11-12H,1,7-10,13-14H2,2-5H3,(H,20,21). The molecule has 0 aliphatic carbocycles. The summed E-state index contributed by atoms with van der Waals surface area (Å²) in [6, 6.07) is 4.17.